The van der Waals surface area contributed by atoms with Crippen molar-refractivity contribution in [1.82, 2.24) is 10.6 Å². The molecule has 1 atom stereocenters. The fourth-order valence-electron chi connectivity index (χ4n) is 2.69. The first kappa shape index (κ1) is 19.4. The second kappa shape index (κ2) is 8.94. The molecule has 0 aliphatic carbocycles. The van der Waals surface area contributed by atoms with Crippen molar-refractivity contribution in [3.8, 4) is 11.5 Å². The van der Waals surface area contributed by atoms with Gasteiger partial charge in [0.2, 0.25) is 5.91 Å². The number of halogens is 3. The summed E-state index contributed by atoms with van der Waals surface area (Å²) in [6.07, 6.45) is -1.99. The van der Waals surface area contributed by atoms with Gasteiger partial charge >= 0.3 is 6.18 Å². The molecule has 1 aliphatic rings. The Hall–Kier alpha value is -1.96. The molecule has 0 spiro atoms. The quantitative estimate of drug-likeness (QED) is 0.748. The van der Waals surface area contributed by atoms with Gasteiger partial charge in [-0.25, -0.2) is 0 Å². The third kappa shape index (κ3) is 6.81. The molecule has 1 aromatic rings. The highest BCUT2D eigenvalue weighted by Gasteiger charge is 2.29. The largest absolute Gasteiger partial charge is 0.493 e. The summed E-state index contributed by atoms with van der Waals surface area (Å²) < 4.78 is 46.5. The van der Waals surface area contributed by atoms with Gasteiger partial charge in [0, 0.05) is 13.0 Å². The normalized spacial score (nSPS) is 17.4. The molecule has 1 unspecified atom stereocenters. The molecule has 2 N–H and O–H groups in total. The lowest BCUT2D eigenvalue weighted by Gasteiger charge is -2.14. The Labute approximate surface area is 144 Å². The SMILES string of the molecule is COc1cc(CNC(=O)CCC2CCNC2)ccc1OCC(F)(F)F. The minimum Gasteiger partial charge on any atom is -0.493 e. The topological polar surface area (TPSA) is 59.6 Å². The van der Waals surface area contributed by atoms with Crippen LogP contribution in [0.3, 0.4) is 0 Å². The lowest BCUT2D eigenvalue weighted by molar-refractivity contribution is -0.153. The van der Waals surface area contributed by atoms with Crippen molar-refractivity contribution in [2.75, 3.05) is 26.8 Å². The number of nitrogens with one attached hydrogen (secondary N) is 2. The summed E-state index contributed by atoms with van der Waals surface area (Å²) in [7, 11) is 1.35. The van der Waals surface area contributed by atoms with E-state index in [4.69, 9.17) is 9.47 Å². The zero-order chi connectivity index (χ0) is 18.3. The number of hydrogen-bond donors (Lipinski definition) is 2. The molecule has 1 saturated heterocycles. The fourth-order valence-corrected chi connectivity index (χ4v) is 2.69. The van der Waals surface area contributed by atoms with Crippen LogP contribution in [0.5, 0.6) is 11.5 Å². The van der Waals surface area contributed by atoms with Gasteiger partial charge in [0.05, 0.1) is 7.11 Å². The fraction of sp³-hybridized carbons (Fsp3) is 0.588. The Balaban J connectivity index is 1.81. The highest BCUT2D eigenvalue weighted by Crippen LogP contribution is 2.29. The Kier molecular flexibility index (Phi) is 6.92. The van der Waals surface area contributed by atoms with Crippen molar-refractivity contribution in [3.63, 3.8) is 0 Å². The zero-order valence-corrected chi connectivity index (χ0v) is 14.1. The van der Waals surface area contributed by atoms with Crippen molar-refractivity contribution in [2.24, 2.45) is 5.92 Å². The van der Waals surface area contributed by atoms with E-state index in [9.17, 15) is 18.0 Å². The summed E-state index contributed by atoms with van der Waals surface area (Å²) in [6, 6.07) is 4.58. The third-order valence-electron chi connectivity index (χ3n) is 4.05. The summed E-state index contributed by atoms with van der Waals surface area (Å²) in [5.74, 6) is 0.732. The average molecular weight is 360 g/mol. The monoisotopic (exact) mass is 360 g/mol. The summed E-state index contributed by atoms with van der Waals surface area (Å²) in [4.78, 5) is 11.9. The van der Waals surface area contributed by atoms with Gasteiger partial charge in [-0.15, -0.1) is 0 Å². The maximum absolute atomic E-state index is 12.2. The molecular weight excluding hydrogens is 337 g/mol. The lowest BCUT2D eigenvalue weighted by atomic mass is 10.0. The Morgan fingerprint density at radius 2 is 2.16 bits per heavy atom. The van der Waals surface area contributed by atoms with Gasteiger partial charge in [-0.3, -0.25) is 4.79 Å². The molecule has 2 rings (SSSR count). The summed E-state index contributed by atoms with van der Waals surface area (Å²) >= 11 is 0. The van der Waals surface area contributed by atoms with E-state index < -0.39 is 12.8 Å². The molecule has 0 saturated carbocycles. The smallest absolute Gasteiger partial charge is 0.422 e. The van der Waals surface area contributed by atoms with Crippen LogP contribution in [0, 0.1) is 5.92 Å². The molecule has 8 heteroatoms. The average Bonchev–Trinajstić information content (AvgIpc) is 3.09. The number of carbonyl (C=O) groups excluding carboxylic acids is 1. The number of amides is 1. The first-order chi connectivity index (χ1) is 11.9. The van der Waals surface area contributed by atoms with Gasteiger partial charge in [-0.05, 0) is 49.5 Å². The van der Waals surface area contributed by atoms with Crippen LogP contribution in [-0.2, 0) is 11.3 Å². The minimum atomic E-state index is -4.41. The van der Waals surface area contributed by atoms with Crippen LogP contribution in [0.2, 0.25) is 0 Å². The summed E-state index contributed by atoms with van der Waals surface area (Å²) in [6.45, 7) is 0.881. The van der Waals surface area contributed by atoms with Crippen LogP contribution in [0.15, 0.2) is 18.2 Å². The third-order valence-corrected chi connectivity index (χ3v) is 4.05. The van der Waals surface area contributed by atoms with E-state index in [-0.39, 0.29) is 24.0 Å². The molecule has 0 radical (unpaired) electrons. The first-order valence-electron chi connectivity index (χ1n) is 8.21. The number of benzene rings is 1. The number of carbonyl (C=O) groups is 1. The Bertz CT molecular complexity index is 573. The second-order valence-electron chi connectivity index (χ2n) is 6.06. The highest BCUT2D eigenvalue weighted by molar-refractivity contribution is 5.75. The van der Waals surface area contributed by atoms with Gasteiger partial charge < -0.3 is 20.1 Å². The highest BCUT2D eigenvalue weighted by atomic mass is 19.4. The van der Waals surface area contributed by atoms with Crippen molar-refractivity contribution >= 4 is 5.91 Å². The standard InChI is InChI=1S/C17H23F3N2O3/c1-24-15-8-13(2-4-14(15)25-11-17(18,19)20)10-22-16(23)5-3-12-6-7-21-9-12/h2,4,8,12,21H,3,5-7,9-11H2,1H3,(H,22,23). The predicted octanol–water partition coefficient (Wildman–Crippen LogP) is 2.64. The molecule has 1 aliphatic heterocycles. The molecule has 1 amide bonds. The minimum absolute atomic E-state index is 0.0173. The van der Waals surface area contributed by atoms with Gasteiger partial charge in [-0.2, -0.15) is 13.2 Å². The lowest BCUT2D eigenvalue weighted by Crippen LogP contribution is -2.23. The van der Waals surface area contributed by atoms with Crippen molar-refractivity contribution in [1.29, 1.82) is 0 Å². The van der Waals surface area contributed by atoms with E-state index >= 15 is 0 Å². The molecule has 0 bridgehead atoms. The Morgan fingerprint density at radius 1 is 1.36 bits per heavy atom. The maximum Gasteiger partial charge on any atom is 0.422 e. The second-order valence-corrected chi connectivity index (χ2v) is 6.06. The van der Waals surface area contributed by atoms with E-state index in [2.05, 4.69) is 10.6 Å². The van der Waals surface area contributed by atoms with E-state index in [1.165, 1.54) is 13.2 Å². The van der Waals surface area contributed by atoms with Crippen molar-refractivity contribution in [2.45, 2.75) is 32.0 Å². The summed E-state index contributed by atoms with van der Waals surface area (Å²) in [5, 5.41) is 6.08. The van der Waals surface area contributed by atoms with Crippen LogP contribution >= 0.6 is 0 Å². The first-order valence-corrected chi connectivity index (χ1v) is 8.21. The van der Waals surface area contributed by atoms with E-state index in [1.807, 2.05) is 0 Å². The van der Waals surface area contributed by atoms with Crippen molar-refractivity contribution < 1.29 is 27.4 Å². The number of hydrogen-bond acceptors (Lipinski definition) is 4. The molecule has 1 aromatic carbocycles. The predicted molar refractivity (Wildman–Crippen MR) is 86.6 cm³/mol. The molecule has 1 heterocycles. The molecule has 140 valence electrons. The Morgan fingerprint density at radius 3 is 2.80 bits per heavy atom. The van der Waals surface area contributed by atoms with Gasteiger partial charge in [0.15, 0.2) is 18.1 Å². The molecule has 0 aromatic heterocycles. The molecule has 1 fully saturated rings. The van der Waals surface area contributed by atoms with Gasteiger partial charge in [0.25, 0.3) is 0 Å². The van der Waals surface area contributed by atoms with Crippen LogP contribution < -0.4 is 20.1 Å². The van der Waals surface area contributed by atoms with E-state index in [0.717, 1.165) is 31.5 Å². The number of methoxy groups -OCH3 is 1. The van der Waals surface area contributed by atoms with Crippen LogP contribution in [-0.4, -0.2) is 38.9 Å². The van der Waals surface area contributed by atoms with E-state index in [1.54, 1.807) is 12.1 Å². The van der Waals surface area contributed by atoms with Gasteiger partial charge in [-0.1, -0.05) is 6.07 Å². The number of rotatable bonds is 8. The molecule has 5 nitrogen and oxygen atoms in total. The zero-order valence-electron chi connectivity index (χ0n) is 14.1. The van der Waals surface area contributed by atoms with Crippen LogP contribution in [0.25, 0.3) is 0 Å². The number of alkyl halides is 3. The van der Waals surface area contributed by atoms with E-state index in [0.29, 0.717) is 12.3 Å². The maximum atomic E-state index is 12.2. The molecular formula is C17H23F3N2O3. The van der Waals surface area contributed by atoms with Crippen LogP contribution in [0.4, 0.5) is 13.2 Å². The summed E-state index contributed by atoms with van der Waals surface area (Å²) in [5.41, 5.74) is 0.729. The van der Waals surface area contributed by atoms with Crippen molar-refractivity contribution in [3.05, 3.63) is 23.8 Å². The van der Waals surface area contributed by atoms with Gasteiger partial charge in [0.1, 0.15) is 0 Å². The number of ether oxygens (including phenoxy) is 2. The van der Waals surface area contributed by atoms with Crippen LogP contribution in [0.1, 0.15) is 24.8 Å². The molecule has 25 heavy (non-hydrogen) atoms.